The number of nitriles is 1. The third-order valence-corrected chi connectivity index (χ3v) is 2.71. The number of rotatable bonds is 6. The van der Waals surface area contributed by atoms with Gasteiger partial charge in [0.2, 0.25) is 5.91 Å². The quantitative estimate of drug-likeness (QED) is 0.820. The zero-order chi connectivity index (χ0) is 14.3. The van der Waals surface area contributed by atoms with Gasteiger partial charge in [-0.2, -0.15) is 5.26 Å². The Morgan fingerprint density at radius 2 is 2.32 bits per heavy atom. The van der Waals surface area contributed by atoms with Crippen molar-refractivity contribution in [3.63, 3.8) is 0 Å². The fraction of sp³-hybridized carbons (Fsp3) is 0.429. The number of benzene rings is 1. The van der Waals surface area contributed by atoms with Crippen LogP contribution in [0.4, 0.5) is 5.69 Å². The van der Waals surface area contributed by atoms with Crippen LogP contribution in [0.3, 0.4) is 0 Å². The van der Waals surface area contributed by atoms with Crippen molar-refractivity contribution in [1.82, 2.24) is 0 Å². The van der Waals surface area contributed by atoms with Crippen LogP contribution in [-0.2, 0) is 4.79 Å². The maximum absolute atomic E-state index is 11.8. The number of nitrogens with one attached hydrogen (secondary N) is 1. The number of anilines is 1. The summed E-state index contributed by atoms with van der Waals surface area (Å²) in [5.74, 6) is 0.320. The molecule has 3 N–H and O–H groups in total. The second kappa shape index (κ2) is 7.39. The number of amides is 1. The van der Waals surface area contributed by atoms with E-state index in [0.29, 0.717) is 17.0 Å². The third kappa shape index (κ3) is 4.60. The molecule has 1 amide bonds. The summed E-state index contributed by atoms with van der Waals surface area (Å²) in [6.07, 6.45) is 2.05. The Balaban J connectivity index is 2.71. The molecule has 19 heavy (non-hydrogen) atoms. The van der Waals surface area contributed by atoms with E-state index in [2.05, 4.69) is 5.32 Å². The standard InChI is InChI=1S/C14H19N3O2/c1-3-4-11(16)8-14(18)17-12-6-5-10(9-15)7-13(12)19-2/h5-7,11H,3-4,8,16H2,1-2H3,(H,17,18). The Bertz CT molecular complexity index is 480. The van der Waals surface area contributed by atoms with Crippen molar-refractivity contribution in [2.24, 2.45) is 5.73 Å². The van der Waals surface area contributed by atoms with Crippen LogP contribution >= 0.6 is 0 Å². The lowest BCUT2D eigenvalue weighted by molar-refractivity contribution is -0.116. The van der Waals surface area contributed by atoms with Gasteiger partial charge in [0.15, 0.2) is 0 Å². The molecule has 0 aliphatic heterocycles. The van der Waals surface area contributed by atoms with Crippen LogP contribution in [0, 0.1) is 11.3 Å². The molecule has 1 unspecified atom stereocenters. The lowest BCUT2D eigenvalue weighted by Gasteiger charge is -2.13. The highest BCUT2D eigenvalue weighted by Gasteiger charge is 2.11. The van der Waals surface area contributed by atoms with E-state index in [4.69, 9.17) is 15.7 Å². The number of nitrogens with zero attached hydrogens (tertiary/aromatic N) is 1. The van der Waals surface area contributed by atoms with E-state index in [9.17, 15) is 4.79 Å². The summed E-state index contributed by atoms with van der Waals surface area (Å²) in [6, 6.07) is 6.76. The van der Waals surface area contributed by atoms with Crippen LogP contribution in [0.2, 0.25) is 0 Å². The normalized spacial score (nSPS) is 11.5. The minimum absolute atomic E-state index is 0.130. The van der Waals surface area contributed by atoms with Crippen LogP contribution in [0.15, 0.2) is 18.2 Å². The number of hydrogen-bond donors (Lipinski definition) is 2. The van der Waals surface area contributed by atoms with E-state index < -0.39 is 0 Å². The highest BCUT2D eigenvalue weighted by molar-refractivity contribution is 5.92. The number of hydrogen-bond acceptors (Lipinski definition) is 4. The van der Waals surface area contributed by atoms with Gasteiger partial charge in [-0.15, -0.1) is 0 Å². The molecule has 0 saturated heterocycles. The topological polar surface area (TPSA) is 88.1 Å². The summed E-state index contributed by atoms with van der Waals surface area (Å²) in [6.45, 7) is 2.03. The van der Waals surface area contributed by atoms with E-state index in [1.165, 1.54) is 7.11 Å². The van der Waals surface area contributed by atoms with Gasteiger partial charge in [0.1, 0.15) is 5.75 Å². The lowest BCUT2D eigenvalue weighted by Crippen LogP contribution is -2.27. The summed E-state index contributed by atoms with van der Waals surface area (Å²) >= 11 is 0. The molecule has 0 bridgehead atoms. The molecule has 0 radical (unpaired) electrons. The third-order valence-electron chi connectivity index (χ3n) is 2.71. The number of carbonyl (C=O) groups is 1. The summed E-state index contributed by atoms with van der Waals surface area (Å²) < 4.78 is 5.14. The molecule has 1 rings (SSSR count). The first kappa shape index (κ1) is 15.0. The van der Waals surface area contributed by atoms with E-state index in [1.807, 2.05) is 13.0 Å². The average Bonchev–Trinajstić information content (AvgIpc) is 2.39. The van der Waals surface area contributed by atoms with Crippen molar-refractivity contribution >= 4 is 11.6 Å². The Hall–Kier alpha value is -2.06. The molecule has 0 saturated carbocycles. The SMILES string of the molecule is CCCC(N)CC(=O)Nc1ccc(C#N)cc1OC. The fourth-order valence-corrected chi connectivity index (χ4v) is 1.78. The first-order valence-electron chi connectivity index (χ1n) is 6.24. The Labute approximate surface area is 113 Å². The van der Waals surface area contributed by atoms with Gasteiger partial charge in [0, 0.05) is 18.5 Å². The molecule has 5 heteroatoms. The molecule has 0 spiro atoms. The van der Waals surface area contributed by atoms with Crippen LogP contribution < -0.4 is 15.8 Å². The van der Waals surface area contributed by atoms with Crippen molar-refractivity contribution in [2.75, 3.05) is 12.4 Å². The monoisotopic (exact) mass is 261 g/mol. The van der Waals surface area contributed by atoms with Gasteiger partial charge >= 0.3 is 0 Å². The van der Waals surface area contributed by atoms with E-state index >= 15 is 0 Å². The van der Waals surface area contributed by atoms with Crippen LogP contribution in [0.1, 0.15) is 31.7 Å². The smallest absolute Gasteiger partial charge is 0.226 e. The Kier molecular flexibility index (Phi) is 5.83. The highest BCUT2D eigenvalue weighted by Crippen LogP contribution is 2.25. The minimum atomic E-state index is -0.149. The molecule has 0 heterocycles. The lowest BCUT2D eigenvalue weighted by atomic mass is 10.1. The molecule has 0 aliphatic rings. The zero-order valence-electron chi connectivity index (χ0n) is 11.3. The summed E-state index contributed by atoms with van der Waals surface area (Å²) in [5, 5.41) is 11.5. The molecular weight excluding hydrogens is 242 g/mol. The fourth-order valence-electron chi connectivity index (χ4n) is 1.78. The summed E-state index contributed by atoms with van der Waals surface area (Å²) in [4.78, 5) is 11.8. The van der Waals surface area contributed by atoms with Crippen LogP contribution in [-0.4, -0.2) is 19.1 Å². The first-order chi connectivity index (χ1) is 9.10. The second-order valence-electron chi connectivity index (χ2n) is 4.33. The average molecular weight is 261 g/mol. The number of nitrogens with two attached hydrogens (primary N) is 1. The predicted molar refractivity (Wildman–Crippen MR) is 73.8 cm³/mol. The molecule has 0 fully saturated rings. The van der Waals surface area contributed by atoms with Crippen molar-refractivity contribution < 1.29 is 9.53 Å². The molecular formula is C14H19N3O2. The second-order valence-corrected chi connectivity index (χ2v) is 4.33. The number of carbonyl (C=O) groups excluding carboxylic acids is 1. The molecule has 1 atom stereocenters. The Morgan fingerprint density at radius 1 is 1.58 bits per heavy atom. The van der Waals surface area contributed by atoms with Gasteiger partial charge in [-0.3, -0.25) is 4.79 Å². The molecule has 5 nitrogen and oxygen atoms in total. The van der Waals surface area contributed by atoms with Crippen molar-refractivity contribution in [2.45, 2.75) is 32.2 Å². The van der Waals surface area contributed by atoms with E-state index in [1.54, 1.807) is 18.2 Å². The summed E-state index contributed by atoms with van der Waals surface area (Å²) in [7, 11) is 1.50. The summed E-state index contributed by atoms with van der Waals surface area (Å²) in [5.41, 5.74) is 6.85. The molecule has 102 valence electrons. The first-order valence-corrected chi connectivity index (χ1v) is 6.24. The highest BCUT2D eigenvalue weighted by atomic mass is 16.5. The van der Waals surface area contributed by atoms with Gasteiger partial charge in [-0.1, -0.05) is 13.3 Å². The van der Waals surface area contributed by atoms with Gasteiger partial charge in [-0.25, -0.2) is 0 Å². The molecule has 0 aliphatic carbocycles. The van der Waals surface area contributed by atoms with Crippen LogP contribution in [0.25, 0.3) is 0 Å². The Morgan fingerprint density at radius 3 is 2.89 bits per heavy atom. The maximum Gasteiger partial charge on any atom is 0.226 e. The van der Waals surface area contributed by atoms with Crippen molar-refractivity contribution in [3.05, 3.63) is 23.8 Å². The van der Waals surface area contributed by atoms with Gasteiger partial charge in [0.25, 0.3) is 0 Å². The zero-order valence-corrected chi connectivity index (χ0v) is 11.3. The molecule has 0 aromatic heterocycles. The number of methoxy groups -OCH3 is 1. The van der Waals surface area contributed by atoms with Gasteiger partial charge in [-0.05, 0) is 18.6 Å². The minimum Gasteiger partial charge on any atom is -0.495 e. The number of ether oxygens (including phenoxy) is 1. The van der Waals surface area contributed by atoms with Crippen LogP contribution in [0.5, 0.6) is 5.75 Å². The van der Waals surface area contributed by atoms with Gasteiger partial charge in [0.05, 0.1) is 24.4 Å². The van der Waals surface area contributed by atoms with E-state index in [0.717, 1.165) is 12.8 Å². The molecule has 1 aromatic rings. The molecule has 1 aromatic carbocycles. The van der Waals surface area contributed by atoms with E-state index in [-0.39, 0.29) is 18.4 Å². The van der Waals surface area contributed by atoms with Crippen molar-refractivity contribution in [3.8, 4) is 11.8 Å². The predicted octanol–water partition coefficient (Wildman–Crippen LogP) is 2.02. The van der Waals surface area contributed by atoms with Gasteiger partial charge < -0.3 is 15.8 Å². The van der Waals surface area contributed by atoms with Crippen molar-refractivity contribution in [1.29, 1.82) is 5.26 Å². The largest absolute Gasteiger partial charge is 0.495 e. The maximum atomic E-state index is 11.8.